The van der Waals surface area contributed by atoms with E-state index in [4.69, 9.17) is 0 Å². The molecule has 1 rings (SSSR count). The number of anilines is 1. The van der Waals surface area contributed by atoms with Gasteiger partial charge < -0.3 is 5.32 Å². The molecule has 1 aromatic heterocycles. The minimum absolute atomic E-state index is 0.288. The van der Waals surface area contributed by atoms with Crippen LogP contribution in [0.15, 0.2) is 29.3 Å². The lowest BCUT2D eigenvalue weighted by Crippen LogP contribution is -2.29. The zero-order valence-electron chi connectivity index (χ0n) is 8.38. The second-order valence-corrected chi connectivity index (χ2v) is 3.74. The average Bonchev–Trinajstić information content (AvgIpc) is 2.20. The first-order chi connectivity index (χ1) is 7.13. The molecule has 1 heterocycles. The Morgan fingerprint density at radius 2 is 2.40 bits per heavy atom. The quantitative estimate of drug-likeness (QED) is 0.829. The first-order valence-corrected chi connectivity index (χ1v) is 5.21. The maximum atomic E-state index is 11.2. The van der Waals surface area contributed by atoms with Crippen LogP contribution in [0.1, 0.15) is 5.69 Å². The number of hydrogen-bond donors (Lipinski definition) is 2. The highest BCUT2D eigenvalue weighted by atomic mass is 79.9. The normalized spacial score (nSPS) is 9.47. The van der Waals surface area contributed by atoms with Crippen LogP contribution in [0.25, 0.3) is 0 Å². The van der Waals surface area contributed by atoms with Gasteiger partial charge in [-0.2, -0.15) is 0 Å². The number of pyridine rings is 1. The molecule has 0 radical (unpaired) electrons. The lowest BCUT2D eigenvalue weighted by atomic mass is 10.4. The first kappa shape index (κ1) is 11.7. The van der Waals surface area contributed by atoms with E-state index < -0.39 is 0 Å². The van der Waals surface area contributed by atoms with Crippen molar-refractivity contribution in [2.45, 2.75) is 6.92 Å². The van der Waals surface area contributed by atoms with Gasteiger partial charge in [0.05, 0.1) is 5.69 Å². The number of aryl methyl sites for hydroxylation is 1. The Bertz CT molecular complexity index is 379. The van der Waals surface area contributed by atoms with E-state index >= 15 is 0 Å². The number of halogens is 1. The summed E-state index contributed by atoms with van der Waals surface area (Å²) in [5.41, 5.74) is 0.830. The average molecular weight is 270 g/mol. The van der Waals surface area contributed by atoms with E-state index in [2.05, 4.69) is 38.1 Å². The molecule has 15 heavy (non-hydrogen) atoms. The molecule has 0 aliphatic rings. The second-order valence-electron chi connectivity index (χ2n) is 2.89. The molecule has 0 bridgehead atoms. The molecule has 0 fully saturated rings. The van der Waals surface area contributed by atoms with E-state index in [0.717, 1.165) is 10.2 Å². The van der Waals surface area contributed by atoms with Gasteiger partial charge >= 0.3 is 6.03 Å². The predicted molar refractivity (Wildman–Crippen MR) is 63.9 cm³/mol. The molecule has 4 nitrogen and oxygen atoms in total. The number of urea groups is 1. The van der Waals surface area contributed by atoms with Crippen LogP contribution in [0.5, 0.6) is 0 Å². The summed E-state index contributed by atoms with van der Waals surface area (Å²) in [4.78, 5) is 15.4. The van der Waals surface area contributed by atoms with Gasteiger partial charge in [0.25, 0.3) is 0 Å². The van der Waals surface area contributed by atoms with E-state index in [-0.39, 0.29) is 6.03 Å². The molecule has 1 aromatic rings. The highest BCUT2D eigenvalue weighted by Gasteiger charge is 2.02. The molecule has 0 saturated carbocycles. The fourth-order valence-electron chi connectivity index (χ4n) is 0.939. The maximum absolute atomic E-state index is 11.2. The van der Waals surface area contributed by atoms with E-state index in [9.17, 15) is 4.79 Å². The van der Waals surface area contributed by atoms with Gasteiger partial charge in [0.1, 0.15) is 5.82 Å². The summed E-state index contributed by atoms with van der Waals surface area (Å²) >= 11 is 3.33. The van der Waals surface area contributed by atoms with Crippen molar-refractivity contribution in [2.75, 3.05) is 11.9 Å². The minimum atomic E-state index is -0.288. The van der Waals surface area contributed by atoms with Crippen molar-refractivity contribution in [3.63, 3.8) is 0 Å². The lowest BCUT2D eigenvalue weighted by molar-refractivity contribution is 0.253. The summed E-state index contributed by atoms with van der Waals surface area (Å²) in [6.45, 7) is 5.79. The van der Waals surface area contributed by atoms with Gasteiger partial charge in [-0.25, -0.2) is 9.78 Å². The Hall–Kier alpha value is -1.36. The molecule has 0 atom stereocenters. The Labute approximate surface area is 96.9 Å². The fourth-order valence-corrected chi connectivity index (χ4v) is 1.16. The van der Waals surface area contributed by atoms with E-state index in [1.54, 1.807) is 12.1 Å². The SMILES string of the molecule is C=CCNC(=O)Nc1ccc(Br)c(C)n1. The number of aromatic nitrogens is 1. The van der Waals surface area contributed by atoms with Gasteiger partial charge in [0.2, 0.25) is 0 Å². The molecule has 0 spiro atoms. The third kappa shape index (κ3) is 3.71. The molecule has 0 saturated heterocycles. The number of amides is 2. The standard InChI is InChI=1S/C10H12BrN3O/c1-3-6-12-10(15)14-9-5-4-8(11)7(2)13-9/h3-5H,1,6H2,2H3,(H2,12,13,14,15). The highest BCUT2D eigenvalue weighted by Crippen LogP contribution is 2.15. The van der Waals surface area contributed by atoms with Gasteiger partial charge in [-0.05, 0) is 35.0 Å². The maximum Gasteiger partial charge on any atom is 0.320 e. The van der Waals surface area contributed by atoms with Crippen molar-refractivity contribution in [1.29, 1.82) is 0 Å². The van der Waals surface area contributed by atoms with Crippen LogP contribution >= 0.6 is 15.9 Å². The molecule has 0 aromatic carbocycles. The lowest BCUT2D eigenvalue weighted by Gasteiger charge is -2.06. The summed E-state index contributed by atoms with van der Waals surface area (Å²) in [7, 11) is 0. The van der Waals surface area contributed by atoms with Crippen LogP contribution in [-0.4, -0.2) is 17.6 Å². The van der Waals surface area contributed by atoms with E-state index in [0.29, 0.717) is 12.4 Å². The topological polar surface area (TPSA) is 54.0 Å². The summed E-state index contributed by atoms with van der Waals surface area (Å²) < 4.78 is 0.916. The molecular formula is C10H12BrN3O. The van der Waals surface area contributed by atoms with Crippen LogP contribution in [0.3, 0.4) is 0 Å². The van der Waals surface area contributed by atoms with Gasteiger partial charge in [0, 0.05) is 11.0 Å². The molecule has 2 N–H and O–H groups in total. The number of carbonyl (C=O) groups excluding carboxylic acids is 1. The van der Waals surface area contributed by atoms with E-state index in [1.165, 1.54) is 0 Å². The molecule has 2 amide bonds. The Kier molecular flexibility index (Phi) is 4.30. The number of nitrogens with one attached hydrogen (secondary N) is 2. The van der Waals surface area contributed by atoms with Crippen molar-refractivity contribution in [3.8, 4) is 0 Å². The van der Waals surface area contributed by atoms with Crippen molar-refractivity contribution in [3.05, 3.63) is 35.0 Å². The van der Waals surface area contributed by atoms with Crippen LogP contribution in [0.4, 0.5) is 10.6 Å². The van der Waals surface area contributed by atoms with Crippen molar-refractivity contribution < 1.29 is 4.79 Å². The Morgan fingerprint density at radius 1 is 1.67 bits per heavy atom. The largest absolute Gasteiger partial charge is 0.334 e. The molecule has 0 unspecified atom stereocenters. The molecule has 5 heteroatoms. The molecule has 80 valence electrons. The van der Waals surface area contributed by atoms with Crippen molar-refractivity contribution >= 4 is 27.8 Å². The zero-order valence-corrected chi connectivity index (χ0v) is 9.97. The minimum Gasteiger partial charge on any atom is -0.334 e. The van der Waals surface area contributed by atoms with Crippen LogP contribution in [-0.2, 0) is 0 Å². The Balaban J connectivity index is 2.60. The van der Waals surface area contributed by atoms with Gasteiger partial charge in [-0.3, -0.25) is 5.32 Å². The predicted octanol–water partition coefficient (Wildman–Crippen LogP) is 2.46. The van der Waals surface area contributed by atoms with E-state index in [1.807, 2.05) is 13.0 Å². The van der Waals surface area contributed by atoms with Gasteiger partial charge in [-0.1, -0.05) is 6.08 Å². The number of carbonyl (C=O) groups is 1. The summed E-state index contributed by atoms with van der Waals surface area (Å²) in [6, 6.07) is 3.28. The van der Waals surface area contributed by atoms with Crippen LogP contribution < -0.4 is 10.6 Å². The van der Waals surface area contributed by atoms with Gasteiger partial charge in [0.15, 0.2) is 0 Å². The molecule has 0 aliphatic carbocycles. The fraction of sp³-hybridized carbons (Fsp3) is 0.200. The second kappa shape index (κ2) is 5.50. The van der Waals surface area contributed by atoms with Crippen LogP contribution in [0.2, 0.25) is 0 Å². The first-order valence-electron chi connectivity index (χ1n) is 4.42. The third-order valence-corrected chi connectivity index (χ3v) is 2.51. The van der Waals surface area contributed by atoms with Crippen LogP contribution in [0, 0.1) is 6.92 Å². The number of hydrogen-bond acceptors (Lipinski definition) is 2. The zero-order chi connectivity index (χ0) is 11.3. The molecular weight excluding hydrogens is 258 g/mol. The summed E-state index contributed by atoms with van der Waals surface area (Å²) in [6.07, 6.45) is 1.61. The number of rotatable bonds is 3. The smallest absolute Gasteiger partial charge is 0.320 e. The van der Waals surface area contributed by atoms with Gasteiger partial charge in [-0.15, -0.1) is 6.58 Å². The third-order valence-electron chi connectivity index (χ3n) is 1.67. The van der Waals surface area contributed by atoms with Crippen molar-refractivity contribution in [1.82, 2.24) is 10.3 Å². The molecule has 0 aliphatic heterocycles. The monoisotopic (exact) mass is 269 g/mol. The summed E-state index contributed by atoms with van der Waals surface area (Å²) in [5, 5.41) is 5.21. The Morgan fingerprint density at radius 3 is 3.00 bits per heavy atom. The van der Waals surface area contributed by atoms with Crippen molar-refractivity contribution in [2.24, 2.45) is 0 Å². The summed E-state index contributed by atoms with van der Waals surface area (Å²) in [5.74, 6) is 0.525. The highest BCUT2D eigenvalue weighted by molar-refractivity contribution is 9.10. The number of nitrogens with zero attached hydrogens (tertiary/aromatic N) is 1.